The first kappa shape index (κ1) is 37.0. The summed E-state index contributed by atoms with van der Waals surface area (Å²) < 4.78 is 0. The third-order valence-corrected chi connectivity index (χ3v) is 9.22. The number of aliphatic hydroxyl groups is 1. The topological polar surface area (TPSA) is 53.4 Å². The van der Waals surface area contributed by atoms with Gasteiger partial charge in [-0.15, -0.1) is 17.5 Å². The summed E-state index contributed by atoms with van der Waals surface area (Å²) in [4.78, 5) is 19.0. The van der Waals surface area contributed by atoms with E-state index in [4.69, 9.17) is 4.98 Å². The van der Waals surface area contributed by atoms with Crippen molar-refractivity contribution < 1.29 is 30.0 Å². The SMILES string of the molecule is CC(C)(C)Cc1cc2c3c(nccc3c1)-c1[c-]c3ccccc3cc1N2c1ccccc1.CCC(CC)C(=O)/C=C(\O)C(CC)CC.[Ir]. The number of fused-ring (bicyclic) bond motifs is 3. The number of allylic oxidation sites excluding steroid dienone is 2. The minimum absolute atomic E-state index is 0. The predicted molar refractivity (Wildman–Crippen MR) is 199 cm³/mol. The van der Waals surface area contributed by atoms with Crippen LogP contribution >= 0.6 is 0 Å². The van der Waals surface area contributed by atoms with E-state index < -0.39 is 0 Å². The van der Waals surface area contributed by atoms with Crippen LogP contribution in [0.25, 0.3) is 32.8 Å². The number of hydrogen-bond donors (Lipinski definition) is 1. The molecular weight excluding hydrogens is 769 g/mol. The maximum atomic E-state index is 11.7. The Morgan fingerprint density at radius 1 is 0.833 bits per heavy atom. The molecule has 0 atom stereocenters. The van der Waals surface area contributed by atoms with E-state index in [0.717, 1.165) is 60.1 Å². The van der Waals surface area contributed by atoms with Crippen LogP contribution in [0.2, 0.25) is 0 Å². The number of ketones is 1. The molecule has 4 aromatic carbocycles. The fourth-order valence-corrected chi connectivity index (χ4v) is 6.71. The van der Waals surface area contributed by atoms with E-state index in [-0.39, 0.29) is 48.9 Å². The number of hydrogen-bond acceptors (Lipinski definition) is 4. The molecule has 1 radical (unpaired) electrons. The molecule has 0 unspecified atom stereocenters. The fraction of sp³-hybridized carbons (Fsp3) is 0.349. The van der Waals surface area contributed by atoms with Gasteiger partial charge in [-0.05, 0) is 83.8 Å². The van der Waals surface area contributed by atoms with E-state index in [2.05, 4.69) is 111 Å². The number of pyridine rings is 1. The molecule has 0 fully saturated rings. The molecule has 1 aliphatic rings. The molecular formula is C43H49IrN2O2-. The van der Waals surface area contributed by atoms with Gasteiger partial charge in [0.1, 0.15) is 0 Å². The van der Waals surface area contributed by atoms with Crippen LogP contribution in [-0.4, -0.2) is 15.9 Å². The molecule has 0 bridgehead atoms. The average molecular weight is 818 g/mol. The van der Waals surface area contributed by atoms with Gasteiger partial charge in [0.25, 0.3) is 0 Å². The van der Waals surface area contributed by atoms with E-state index >= 15 is 0 Å². The Kier molecular flexibility index (Phi) is 12.4. The van der Waals surface area contributed by atoms with Crippen molar-refractivity contribution in [2.45, 2.75) is 80.6 Å². The molecule has 1 N–H and O–H groups in total. The van der Waals surface area contributed by atoms with Gasteiger partial charge in [-0.3, -0.25) is 9.78 Å². The summed E-state index contributed by atoms with van der Waals surface area (Å²) in [6.45, 7) is 15.0. The zero-order valence-corrected chi connectivity index (χ0v) is 31.8. The van der Waals surface area contributed by atoms with Crippen LogP contribution in [0.1, 0.15) is 79.7 Å². The molecule has 48 heavy (non-hydrogen) atoms. The smallest absolute Gasteiger partial charge is 0.162 e. The summed E-state index contributed by atoms with van der Waals surface area (Å²) in [5.41, 5.74) is 7.14. The molecule has 5 heteroatoms. The van der Waals surface area contributed by atoms with Crippen LogP contribution in [0, 0.1) is 23.3 Å². The largest absolute Gasteiger partial charge is 0.512 e. The second-order valence-electron chi connectivity index (χ2n) is 13.9. The number of rotatable bonds is 9. The second-order valence-corrected chi connectivity index (χ2v) is 13.9. The minimum Gasteiger partial charge on any atom is -0.512 e. The first-order chi connectivity index (χ1) is 22.6. The Morgan fingerprint density at radius 2 is 1.48 bits per heavy atom. The van der Waals surface area contributed by atoms with Gasteiger partial charge in [0.2, 0.25) is 0 Å². The molecule has 0 spiro atoms. The molecule has 0 aliphatic carbocycles. The van der Waals surface area contributed by atoms with Gasteiger partial charge in [-0.1, -0.05) is 108 Å². The van der Waals surface area contributed by atoms with Gasteiger partial charge in [0.05, 0.1) is 5.76 Å². The Labute approximate surface area is 300 Å². The average Bonchev–Trinajstić information content (AvgIpc) is 3.05. The first-order valence-corrected chi connectivity index (χ1v) is 17.2. The number of carbonyl (C=O) groups is 1. The van der Waals surface area contributed by atoms with Crippen molar-refractivity contribution >= 4 is 44.4 Å². The van der Waals surface area contributed by atoms with Crippen molar-refractivity contribution in [3.8, 4) is 11.3 Å². The minimum atomic E-state index is 0. The number of aliphatic hydroxyl groups excluding tert-OH is 1. The van der Waals surface area contributed by atoms with Crippen molar-refractivity contribution in [2.24, 2.45) is 17.3 Å². The number of aromatic nitrogens is 1. The number of nitrogens with zero attached hydrogens (tertiary/aromatic N) is 2. The molecule has 1 aliphatic heterocycles. The standard InChI is InChI=1S/C30H25N2.C13H24O2.Ir/c1-30(2,3)19-20-15-23-13-14-31-29-25-17-21-9-7-8-10-22(21)18-26(25)32(27(16-20)28(23)29)24-11-5-4-6-12-24;1-5-10(6-2)12(14)9-13(15)11(7-3)8-4;/h4-16,18H,19H2,1-3H3;9-11,14H,5-8H2,1-4H3;/q-1;;/b;12-9-;. The monoisotopic (exact) mass is 818 g/mol. The zero-order valence-electron chi connectivity index (χ0n) is 29.4. The van der Waals surface area contributed by atoms with Gasteiger partial charge >= 0.3 is 0 Å². The van der Waals surface area contributed by atoms with Crippen LogP contribution in [0.3, 0.4) is 0 Å². The molecule has 6 rings (SSSR count). The van der Waals surface area contributed by atoms with Crippen molar-refractivity contribution in [1.82, 2.24) is 4.98 Å². The molecule has 0 amide bonds. The van der Waals surface area contributed by atoms with Gasteiger partial charge in [-0.2, -0.15) is 0 Å². The second kappa shape index (κ2) is 16.1. The quantitative estimate of drug-likeness (QED) is 0.0897. The Morgan fingerprint density at radius 3 is 2.12 bits per heavy atom. The number of benzene rings is 4. The van der Waals surface area contributed by atoms with Crippen LogP contribution in [0.4, 0.5) is 17.1 Å². The Hall–Kier alpha value is -3.79. The summed E-state index contributed by atoms with van der Waals surface area (Å²) >= 11 is 0. The predicted octanol–water partition coefficient (Wildman–Crippen LogP) is 12.1. The van der Waals surface area contributed by atoms with E-state index in [1.54, 1.807) is 0 Å². The molecule has 253 valence electrons. The van der Waals surface area contributed by atoms with Crippen LogP contribution < -0.4 is 4.90 Å². The maximum Gasteiger partial charge on any atom is 0.162 e. The van der Waals surface area contributed by atoms with Crippen LogP contribution in [-0.2, 0) is 31.3 Å². The molecule has 5 aromatic rings. The van der Waals surface area contributed by atoms with Gasteiger partial charge in [-0.25, -0.2) is 0 Å². The van der Waals surface area contributed by atoms with Gasteiger partial charge in [0.15, 0.2) is 5.78 Å². The van der Waals surface area contributed by atoms with Crippen molar-refractivity contribution in [3.63, 3.8) is 0 Å². The first-order valence-electron chi connectivity index (χ1n) is 17.2. The summed E-state index contributed by atoms with van der Waals surface area (Å²) in [6.07, 6.45) is 7.86. The molecule has 0 saturated heterocycles. The van der Waals surface area contributed by atoms with Gasteiger partial charge in [0, 0.05) is 61.3 Å². The van der Waals surface area contributed by atoms with E-state index in [0.29, 0.717) is 0 Å². The van der Waals surface area contributed by atoms with Crippen molar-refractivity contribution in [2.75, 3.05) is 4.90 Å². The van der Waals surface area contributed by atoms with Crippen molar-refractivity contribution in [1.29, 1.82) is 0 Å². The van der Waals surface area contributed by atoms with Crippen molar-refractivity contribution in [3.05, 3.63) is 109 Å². The Bertz CT molecular complexity index is 1880. The molecule has 4 nitrogen and oxygen atoms in total. The number of anilines is 3. The third-order valence-electron chi connectivity index (χ3n) is 9.22. The number of carbonyl (C=O) groups excluding carboxylic acids is 1. The third kappa shape index (κ3) is 8.08. The van der Waals surface area contributed by atoms with E-state index in [1.807, 2.05) is 33.9 Å². The summed E-state index contributed by atoms with van der Waals surface area (Å²) in [6, 6.07) is 31.9. The normalized spacial score (nSPS) is 12.5. The fourth-order valence-electron chi connectivity index (χ4n) is 6.71. The zero-order chi connectivity index (χ0) is 33.7. The summed E-state index contributed by atoms with van der Waals surface area (Å²) in [5.74, 6) is 0.547. The molecule has 2 heterocycles. The summed E-state index contributed by atoms with van der Waals surface area (Å²) in [7, 11) is 0. The van der Waals surface area contributed by atoms with E-state index in [1.165, 1.54) is 33.5 Å². The Balaban J connectivity index is 0.000000279. The summed E-state index contributed by atoms with van der Waals surface area (Å²) in [5, 5.41) is 14.5. The maximum absolute atomic E-state index is 11.7. The van der Waals surface area contributed by atoms with Crippen LogP contribution in [0.15, 0.2) is 96.9 Å². The molecule has 1 aromatic heterocycles. The van der Waals surface area contributed by atoms with E-state index in [9.17, 15) is 9.90 Å². The van der Waals surface area contributed by atoms with Gasteiger partial charge < -0.3 is 10.0 Å². The van der Waals surface area contributed by atoms with Crippen LogP contribution in [0.5, 0.6) is 0 Å². The number of para-hydroxylation sites is 1. The molecule has 0 saturated carbocycles.